The zero-order valence-corrected chi connectivity index (χ0v) is 17.1. The van der Waals surface area contributed by atoms with Gasteiger partial charge < -0.3 is 18.8 Å². The first kappa shape index (κ1) is 22.7. The second kappa shape index (κ2) is 8.26. The van der Waals surface area contributed by atoms with Crippen molar-refractivity contribution in [3.8, 4) is 11.5 Å². The van der Waals surface area contributed by atoms with Gasteiger partial charge in [0.1, 0.15) is 12.2 Å². The maximum atomic E-state index is 12.8. The van der Waals surface area contributed by atoms with Crippen molar-refractivity contribution in [1.82, 2.24) is 0 Å². The number of carbonyl (C=O) groups excluding carboxylic acids is 1. The topological polar surface area (TPSA) is 102 Å². The summed E-state index contributed by atoms with van der Waals surface area (Å²) in [5.41, 5.74) is -0.775. The average molecular weight is 451 g/mol. The molecular weight excluding hydrogens is 429 g/mol. The summed E-state index contributed by atoms with van der Waals surface area (Å²) in [4.78, 5) is 12.2. The SMILES string of the molecule is CCC1(Oc2cc(C(=O)OCCS(=O)(=O)[O-])ccc2OC(F)(F)F)CC2CCC1C2. The molecule has 0 heterocycles. The zero-order valence-electron chi connectivity index (χ0n) is 16.2. The third-order valence-corrected chi connectivity index (χ3v) is 6.47. The Bertz CT molecular complexity index is 900. The second-order valence-corrected chi connectivity index (χ2v) is 9.23. The Labute approximate surface area is 172 Å². The highest BCUT2D eigenvalue weighted by Crippen LogP contribution is 2.54. The maximum absolute atomic E-state index is 12.8. The molecule has 0 saturated heterocycles. The smallest absolute Gasteiger partial charge is 0.573 e. The van der Waals surface area contributed by atoms with Gasteiger partial charge in [-0.3, -0.25) is 0 Å². The highest BCUT2D eigenvalue weighted by Gasteiger charge is 2.52. The Kier molecular flexibility index (Phi) is 6.24. The van der Waals surface area contributed by atoms with E-state index in [0.717, 1.165) is 43.9 Å². The van der Waals surface area contributed by atoms with Gasteiger partial charge in [0, 0.05) is 0 Å². The van der Waals surface area contributed by atoms with Crippen LogP contribution in [0.5, 0.6) is 11.5 Å². The lowest BCUT2D eigenvalue weighted by Crippen LogP contribution is -2.41. The normalized spacial score (nSPS) is 25.9. The van der Waals surface area contributed by atoms with Crippen molar-refractivity contribution in [2.45, 2.75) is 51.0 Å². The summed E-state index contributed by atoms with van der Waals surface area (Å²) in [7, 11) is -4.57. The highest BCUT2D eigenvalue weighted by atomic mass is 32.2. The van der Waals surface area contributed by atoms with E-state index in [2.05, 4.69) is 4.74 Å². The number of alkyl halides is 3. The molecule has 2 saturated carbocycles. The summed E-state index contributed by atoms with van der Waals surface area (Å²) in [5.74, 6) is -2.02. The van der Waals surface area contributed by atoms with Crippen molar-refractivity contribution in [3.63, 3.8) is 0 Å². The molecule has 3 unspecified atom stereocenters. The summed E-state index contributed by atoms with van der Waals surface area (Å²) in [6.07, 6.45) is -0.688. The van der Waals surface area contributed by atoms with E-state index < -0.39 is 46.2 Å². The molecule has 1 aromatic carbocycles. The maximum Gasteiger partial charge on any atom is 0.573 e. The molecule has 3 atom stereocenters. The zero-order chi connectivity index (χ0) is 22.2. The first-order valence-corrected chi connectivity index (χ1v) is 11.2. The standard InChI is InChI=1S/C19H23F3O7S/c1-2-18(11-12-3-5-14(18)9-12)28-16-10-13(4-6-15(16)29-19(20,21)22)17(23)27-7-8-30(24,25)26/h4,6,10,12,14H,2-3,5,7-9,11H2,1H3,(H,24,25,26)/p-1. The van der Waals surface area contributed by atoms with Gasteiger partial charge in [-0.2, -0.15) is 0 Å². The van der Waals surface area contributed by atoms with Gasteiger partial charge in [0.25, 0.3) is 0 Å². The molecule has 168 valence electrons. The van der Waals surface area contributed by atoms with E-state index in [1.54, 1.807) is 0 Å². The fourth-order valence-corrected chi connectivity index (χ4v) is 4.77. The van der Waals surface area contributed by atoms with Crippen LogP contribution in [0.25, 0.3) is 0 Å². The Morgan fingerprint density at radius 3 is 2.53 bits per heavy atom. The number of rotatable bonds is 8. The molecule has 0 radical (unpaired) electrons. The summed E-state index contributed by atoms with van der Waals surface area (Å²) in [5, 5.41) is 0. The van der Waals surface area contributed by atoms with E-state index in [9.17, 15) is 30.9 Å². The fraction of sp³-hybridized carbons (Fsp3) is 0.632. The van der Waals surface area contributed by atoms with Crippen LogP contribution in [0.3, 0.4) is 0 Å². The van der Waals surface area contributed by atoms with Gasteiger partial charge in [0.2, 0.25) is 0 Å². The van der Waals surface area contributed by atoms with Crippen molar-refractivity contribution < 1.29 is 45.1 Å². The van der Waals surface area contributed by atoms with E-state index >= 15 is 0 Å². The third-order valence-electron chi connectivity index (χ3n) is 5.80. The fourth-order valence-electron chi connectivity index (χ4n) is 4.49. The predicted molar refractivity (Wildman–Crippen MR) is 97.1 cm³/mol. The minimum Gasteiger partial charge on any atom is -0.748 e. The molecule has 7 nitrogen and oxygen atoms in total. The van der Waals surface area contributed by atoms with Crippen LogP contribution in [0.15, 0.2) is 18.2 Å². The molecule has 30 heavy (non-hydrogen) atoms. The molecule has 0 amide bonds. The second-order valence-electron chi connectivity index (χ2n) is 7.71. The highest BCUT2D eigenvalue weighted by molar-refractivity contribution is 7.85. The van der Waals surface area contributed by atoms with Crippen LogP contribution in [0.4, 0.5) is 13.2 Å². The molecule has 0 N–H and O–H groups in total. The van der Waals surface area contributed by atoms with Gasteiger partial charge in [0.15, 0.2) is 11.5 Å². The van der Waals surface area contributed by atoms with Crippen molar-refractivity contribution >= 4 is 16.1 Å². The molecule has 3 rings (SSSR count). The minimum atomic E-state index is -4.95. The third kappa shape index (κ3) is 5.37. The number of halogens is 3. The lowest BCUT2D eigenvalue weighted by Gasteiger charge is -2.38. The average Bonchev–Trinajstić information content (AvgIpc) is 3.22. The Hall–Kier alpha value is -2.01. The predicted octanol–water partition coefficient (Wildman–Crippen LogP) is 3.63. The lowest BCUT2D eigenvalue weighted by molar-refractivity contribution is -0.275. The summed E-state index contributed by atoms with van der Waals surface area (Å²) in [6, 6.07) is 3.11. The Morgan fingerprint density at radius 2 is 2.00 bits per heavy atom. The lowest BCUT2D eigenvalue weighted by atomic mass is 9.82. The van der Waals surface area contributed by atoms with Gasteiger partial charge >= 0.3 is 12.3 Å². The van der Waals surface area contributed by atoms with Gasteiger partial charge in [-0.1, -0.05) is 6.92 Å². The molecule has 2 bridgehead atoms. The number of benzene rings is 1. The van der Waals surface area contributed by atoms with E-state index in [1.165, 1.54) is 0 Å². The summed E-state index contributed by atoms with van der Waals surface area (Å²) >= 11 is 0. The van der Waals surface area contributed by atoms with Crippen LogP contribution in [0.1, 0.15) is 49.4 Å². The molecule has 2 aliphatic rings. The van der Waals surface area contributed by atoms with Crippen LogP contribution in [0.2, 0.25) is 0 Å². The first-order valence-electron chi connectivity index (χ1n) is 9.60. The van der Waals surface area contributed by atoms with Crippen molar-refractivity contribution in [2.75, 3.05) is 12.4 Å². The van der Waals surface area contributed by atoms with Crippen LogP contribution in [-0.2, 0) is 14.9 Å². The van der Waals surface area contributed by atoms with E-state index in [0.29, 0.717) is 12.3 Å². The van der Waals surface area contributed by atoms with Crippen LogP contribution in [-0.4, -0.2) is 43.3 Å². The molecule has 0 aromatic heterocycles. The summed E-state index contributed by atoms with van der Waals surface area (Å²) in [6.45, 7) is 1.25. The van der Waals surface area contributed by atoms with Crippen LogP contribution < -0.4 is 9.47 Å². The van der Waals surface area contributed by atoms with Crippen LogP contribution >= 0.6 is 0 Å². The number of hydrogen-bond acceptors (Lipinski definition) is 7. The van der Waals surface area contributed by atoms with Gasteiger partial charge in [0.05, 0.1) is 21.4 Å². The van der Waals surface area contributed by atoms with E-state index in [1.807, 2.05) is 6.92 Å². The van der Waals surface area contributed by atoms with Gasteiger partial charge in [-0.15, -0.1) is 13.2 Å². The number of hydrogen-bond donors (Lipinski definition) is 0. The largest absolute Gasteiger partial charge is 0.748 e. The quantitative estimate of drug-likeness (QED) is 0.439. The minimum absolute atomic E-state index is 0.141. The Balaban J connectivity index is 1.84. The molecule has 2 fully saturated rings. The van der Waals surface area contributed by atoms with Gasteiger partial charge in [-0.05, 0) is 62.1 Å². The molecule has 0 spiro atoms. The van der Waals surface area contributed by atoms with E-state index in [4.69, 9.17) is 9.47 Å². The number of fused-ring (bicyclic) bond motifs is 2. The number of carbonyl (C=O) groups is 1. The molecule has 1 aromatic rings. The van der Waals surface area contributed by atoms with E-state index in [-0.39, 0.29) is 17.2 Å². The van der Waals surface area contributed by atoms with Crippen molar-refractivity contribution in [1.29, 1.82) is 0 Å². The van der Waals surface area contributed by atoms with Crippen molar-refractivity contribution in [2.24, 2.45) is 11.8 Å². The molecular formula is C19H22F3O7S-. The molecule has 2 aliphatic carbocycles. The number of ether oxygens (including phenoxy) is 3. The molecule has 11 heteroatoms. The van der Waals surface area contributed by atoms with Crippen LogP contribution in [0, 0.1) is 11.8 Å². The van der Waals surface area contributed by atoms with Crippen molar-refractivity contribution in [3.05, 3.63) is 23.8 Å². The monoisotopic (exact) mass is 451 g/mol. The van der Waals surface area contributed by atoms with Gasteiger partial charge in [-0.25, -0.2) is 13.2 Å². The first-order chi connectivity index (χ1) is 13.9. The number of esters is 1. The Morgan fingerprint density at radius 1 is 1.27 bits per heavy atom. The summed E-state index contributed by atoms with van der Waals surface area (Å²) < 4.78 is 85.3. The molecule has 0 aliphatic heterocycles.